The highest BCUT2D eigenvalue weighted by molar-refractivity contribution is 5.94. The molecule has 0 atom stereocenters. The van der Waals surface area contributed by atoms with Crippen molar-refractivity contribution in [3.8, 4) is 0 Å². The van der Waals surface area contributed by atoms with Crippen LogP contribution in [0.4, 0.5) is 0 Å². The maximum Gasteiger partial charge on any atom is 0.272 e. The van der Waals surface area contributed by atoms with Crippen molar-refractivity contribution in [1.82, 2.24) is 19.8 Å². The first-order valence-electron chi connectivity index (χ1n) is 11.5. The molecule has 2 heterocycles. The Morgan fingerprint density at radius 3 is 2.41 bits per heavy atom. The third kappa shape index (κ3) is 4.91. The number of fused-ring (bicyclic) bond motifs is 1. The van der Waals surface area contributed by atoms with E-state index in [0.29, 0.717) is 24.3 Å². The average molecular weight is 433 g/mol. The number of amides is 1. The van der Waals surface area contributed by atoms with Crippen LogP contribution in [0, 0.1) is 20.8 Å². The zero-order valence-electron chi connectivity index (χ0n) is 19.3. The third-order valence-corrected chi connectivity index (χ3v) is 6.44. The number of benzene rings is 2. The van der Waals surface area contributed by atoms with Crippen LogP contribution in [0.5, 0.6) is 0 Å². The van der Waals surface area contributed by atoms with Gasteiger partial charge in [0.15, 0.2) is 0 Å². The Morgan fingerprint density at radius 2 is 1.69 bits per heavy atom. The summed E-state index contributed by atoms with van der Waals surface area (Å²) in [6.45, 7) is 10.1. The van der Waals surface area contributed by atoms with Crippen LogP contribution < -0.4 is 10.9 Å². The molecule has 0 saturated carbocycles. The van der Waals surface area contributed by atoms with E-state index in [1.165, 1.54) is 19.3 Å². The van der Waals surface area contributed by atoms with E-state index in [2.05, 4.69) is 22.1 Å². The number of rotatable bonds is 6. The highest BCUT2D eigenvalue weighted by Gasteiger charge is 2.13. The SMILES string of the molecule is Cc1cc2nc(C)c(=O)n(Cc3ccc(C(=O)NCCN4CCCCC4)cc3)c2cc1C. The zero-order chi connectivity index (χ0) is 22.7. The van der Waals surface area contributed by atoms with Crippen LogP contribution in [0.3, 0.4) is 0 Å². The molecule has 1 aliphatic heterocycles. The standard InChI is InChI=1S/C26H32N4O2/c1-18-15-23-24(16-19(18)2)30(26(32)20(3)28-23)17-21-7-9-22(10-8-21)25(31)27-11-14-29-12-5-4-6-13-29/h7-10,15-16H,4-6,11-14,17H2,1-3H3,(H,27,31). The van der Waals surface area contributed by atoms with E-state index in [-0.39, 0.29) is 11.5 Å². The monoisotopic (exact) mass is 432 g/mol. The first-order chi connectivity index (χ1) is 15.4. The predicted molar refractivity (Wildman–Crippen MR) is 128 cm³/mol. The van der Waals surface area contributed by atoms with Gasteiger partial charge in [0.05, 0.1) is 17.6 Å². The summed E-state index contributed by atoms with van der Waals surface area (Å²) < 4.78 is 1.78. The number of piperidine rings is 1. The van der Waals surface area contributed by atoms with Crippen LogP contribution in [0.1, 0.15) is 52.0 Å². The molecule has 1 saturated heterocycles. The molecule has 6 heteroatoms. The van der Waals surface area contributed by atoms with Crippen molar-refractivity contribution in [2.75, 3.05) is 26.2 Å². The van der Waals surface area contributed by atoms with Gasteiger partial charge in [-0.2, -0.15) is 0 Å². The molecule has 0 bridgehead atoms. The second-order valence-corrected chi connectivity index (χ2v) is 8.87. The van der Waals surface area contributed by atoms with E-state index in [1.54, 1.807) is 11.5 Å². The average Bonchev–Trinajstić information content (AvgIpc) is 2.79. The maximum absolute atomic E-state index is 12.8. The Kier molecular flexibility index (Phi) is 6.70. The first-order valence-corrected chi connectivity index (χ1v) is 11.5. The molecular weight excluding hydrogens is 400 g/mol. The van der Waals surface area contributed by atoms with E-state index >= 15 is 0 Å². The summed E-state index contributed by atoms with van der Waals surface area (Å²) >= 11 is 0. The molecule has 2 aromatic carbocycles. The van der Waals surface area contributed by atoms with Gasteiger partial charge in [-0.1, -0.05) is 18.6 Å². The van der Waals surface area contributed by atoms with Gasteiger partial charge in [-0.05, 0) is 87.7 Å². The summed E-state index contributed by atoms with van der Waals surface area (Å²) in [7, 11) is 0. The number of hydrogen-bond donors (Lipinski definition) is 1. The van der Waals surface area contributed by atoms with Crippen LogP contribution in [0.25, 0.3) is 11.0 Å². The predicted octanol–water partition coefficient (Wildman–Crippen LogP) is 3.59. The van der Waals surface area contributed by atoms with Crippen molar-refractivity contribution in [3.63, 3.8) is 0 Å². The Labute approximate surface area is 189 Å². The van der Waals surface area contributed by atoms with Crippen LogP contribution in [0.2, 0.25) is 0 Å². The van der Waals surface area contributed by atoms with E-state index in [9.17, 15) is 9.59 Å². The lowest BCUT2D eigenvalue weighted by Crippen LogP contribution is -2.37. The minimum Gasteiger partial charge on any atom is -0.351 e. The lowest BCUT2D eigenvalue weighted by atomic mass is 10.1. The van der Waals surface area contributed by atoms with Gasteiger partial charge in [-0.15, -0.1) is 0 Å². The summed E-state index contributed by atoms with van der Waals surface area (Å²) in [6, 6.07) is 11.6. The number of likely N-dealkylation sites (tertiary alicyclic amines) is 1. The van der Waals surface area contributed by atoms with Crippen LogP contribution in [0.15, 0.2) is 41.2 Å². The van der Waals surface area contributed by atoms with Gasteiger partial charge in [0, 0.05) is 18.7 Å². The molecule has 6 nitrogen and oxygen atoms in total. The largest absolute Gasteiger partial charge is 0.351 e. The molecule has 0 aliphatic carbocycles. The first kappa shape index (κ1) is 22.2. The van der Waals surface area contributed by atoms with E-state index < -0.39 is 0 Å². The van der Waals surface area contributed by atoms with Gasteiger partial charge in [0.25, 0.3) is 11.5 Å². The molecular formula is C26H32N4O2. The Balaban J connectivity index is 1.46. The molecule has 1 aromatic heterocycles. The third-order valence-electron chi connectivity index (χ3n) is 6.44. The second kappa shape index (κ2) is 9.65. The number of carbonyl (C=O) groups is 1. The summed E-state index contributed by atoms with van der Waals surface area (Å²) in [5, 5.41) is 3.02. The molecule has 4 rings (SSSR count). The Morgan fingerprint density at radius 1 is 1.00 bits per heavy atom. The highest BCUT2D eigenvalue weighted by Crippen LogP contribution is 2.18. The van der Waals surface area contributed by atoms with Crippen molar-refractivity contribution in [2.24, 2.45) is 0 Å². The topological polar surface area (TPSA) is 67.2 Å². The fraction of sp³-hybridized carbons (Fsp3) is 0.423. The van der Waals surface area contributed by atoms with Crippen molar-refractivity contribution in [2.45, 2.75) is 46.6 Å². The fourth-order valence-corrected chi connectivity index (χ4v) is 4.34. The molecule has 168 valence electrons. The molecule has 0 radical (unpaired) electrons. The van der Waals surface area contributed by atoms with Crippen molar-refractivity contribution in [1.29, 1.82) is 0 Å². The van der Waals surface area contributed by atoms with Gasteiger partial charge in [-0.25, -0.2) is 4.98 Å². The summed E-state index contributed by atoms with van der Waals surface area (Å²) in [5.41, 5.74) is 5.98. The van der Waals surface area contributed by atoms with Crippen molar-refractivity contribution in [3.05, 3.63) is 74.7 Å². The molecule has 3 aromatic rings. The maximum atomic E-state index is 12.8. The second-order valence-electron chi connectivity index (χ2n) is 8.87. The number of aryl methyl sites for hydroxylation is 3. The lowest BCUT2D eigenvalue weighted by Gasteiger charge is -2.26. The van der Waals surface area contributed by atoms with Crippen molar-refractivity contribution >= 4 is 16.9 Å². The number of hydrogen-bond acceptors (Lipinski definition) is 4. The van der Waals surface area contributed by atoms with E-state index in [0.717, 1.165) is 47.4 Å². The van der Waals surface area contributed by atoms with Gasteiger partial charge in [0.1, 0.15) is 5.69 Å². The van der Waals surface area contributed by atoms with Gasteiger partial charge >= 0.3 is 0 Å². The normalized spacial score (nSPS) is 14.6. The molecule has 1 amide bonds. The van der Waals surface area contributed by atoms with Crippen molar-refractivity contribution < 1.29 is 4.79 Å². The summed E-state index contributed by atoms with van der Waals surface area (Å²) in [6.07, 6.45) is 3.82. The summed E-state index contributed by atoms with van der Waals surface area (Å²) in [5.74, 6) is -0.0537. The molecule has 32 heavy (non-hydrogen) atoms. The van der Waals surface area contributed by atoms with Crippen LogP contribution in [-0.2, 0) is 6.54 Å². The Bertz CT molecular complexity index is 1180. The molecule has 0 unspecified atom stereocenters. The fourth-order valence-electron chi connectivity index (χ4n) is 4.34. The quantitative estimate of drug-likeness (QED) is 0.647. The highest BCUT2D eigenvalue weighted by atomic mass is 16.1. The minimum absolute atomic E-state index is 0.0537. The summed E-state index contributed by atoms with van der Waals surface area (Å²) in [4.78, 5) is 32.2. The van der Waals surface area contributed by atoms with Gasteiger partial charge < -0.3 is 14.8 Å². The number of nitrogens with one attached hydrogen (secondary N) is 1. The van der Waals surface area contributed by atoms with Crippen LogP contribution >= 0.6 is 0 Å². The van der Waals surface area contributed by atoms with E-state index in [4.69, 9.17) is 0 Å². The number of nitrogens with zero attached hydrogens (tertiary/aromatic N) is 3. The minimum atomic E-state index is -0.0831. The Hall–Kier alpha value is -2.99. The number of carbonyl (C=O) groups excluding carboxylic acids is 1. The van der Waals surface area contributed by atoms with Gasteiger partial charge in [0.2, 0.25) is 0 Å². The zero-order valence-corrected chi connectivity index (χ0v) is 19.3. The number of aromatic nitrogens is 2. The molecule has 1 fully saturated rings. The van der Waals surface area contributed by atoms with Crippen LogP contribution in [-0.4, -0.2) is 46.5 Å². The molecule has 0 spiro atoms. The molecule has 1 N–H and O–H groups in total. The smallest absolute Gasteiger partial charge is 0.272 e. The molecule has 1 aliphatic rings. The lowest BCUT2D eigenvalue weighted by molar-refractivity contribution is 0.0946. The van der Waals surface area contributed by atoms with Gasteiger partial charge in [-0.3, -0.25) is 9.59 Å². The van der Waals surface area contributed by atoms with E-state index in [1.807, 2.05) is 43.3 Å².